The summed E-state index contributed by atoms with van der Waals surface area (Å²) in [6, 6.07) is 8.05. The average Bonchev–Trinajstić information content (AvgIpc) is 3.17. The third-order valence-electron chi connectivity index (χ3n) is 3.19. The molecule has 3 heterocycles. The number of rotatable bonds is 5. The topological polar surface area (TPSA) is 138 Å². The minimum Gasteiger partial charge on any atom is -0.398 e. The molecule has 2 N–H and O–H groups in total. The van der Waals surface area contributed by atoms with Gasteiger partial charge in [-0.15, -0.1) is 11.3 Å². The van der Waals surface area contributed by atoms with Crippen LogP contribution in [0.15, 0.2) is 53.3 Å². The maximum Gasteiger partial charge on any atom is 0.362 e. The molecule has 0 aliphatic carbocycles. The molecule has 1 atom stereocenters. The molecule has 0 spiro atoms. The Kier molecular flexibility index (Phi) is 6.98. The molecule has 144 valence electrons. The molecular weight excluding hydrogens is 396 g/mol. The summed E-state index contributed by atoms with van der Waals surface area (Å²) in [7, 11) is -3.30. The van der Waals surface area contributed by atoms with Crippen molar-refractivity contribution in [2.45, 2.75) is 6.04 Å². The minimum absolute atomic E-state index is 0.0226. The van der Waals surface area contributed by atoms with E-state index >= 15 is 0 Å². The SMILES string of the molecule is CON=C(C(=O)NC1CN(S(=O)(=O)O)C1=O)c1cccs1.c1ccncc1. The lowest BCUT2D eigenvalue weighted by molar-refractivity contribution is -0.139. The number of aromatic nitrogens is 1. The molecule has 10 nitrogen and oxygen atoms in total. The first kappa shape index (κ1) is 20.5. The van der Waals surface area contributed by atoms with E-state index in [1.54, 1.807) is 29.9 Å². The van der Waals surface area contributed by atoms with Crippen LogP contribution in [0, 0.1) is 0 Å². The molecule has 1 unspecified atom stereocenters. The van der Waals surface area contributed by atoms with E-state index in [0.29, 0.717) is 4.88 Å². The fourth-order valence-corrected chi connectivity index (χ4v) is 3.35. The van der Waals surface area contributed by atoms with Gasteiger partial charge in [0.25, 0.3) is 11.8 Å². The van der Waals surface area contributed by atoms with Crippen LogP contribution in [0.2, 0.25) is 0 Å². The number of nitrogens with one attached hydrogen (secondary N) is 1. The van der Waals surface area contributed by atoms with Crippen LogP contribution in [0.3, 0.4) is 0 Å². The number of carbonyl (C=O) groups is 2. The van der Waals surface area contributed by atoms with Crippen molar-refractivity contribution in [1.29, 1.82) is 0 Å². The Labute approximate surface area is 159 Å². The first-order valence-electron chi connectivity index (χ1n) is 7.44. The Hall–Kier alpha value is -2.83. The first-order chi connectivity index (χ1) is 12.8. The molecule has 0 aromatic carbocycles. The lowest BCUT2D eigenvalue weighted by Gasteiger charge is -2.35. The summed E-state index contributed by atoms with van der Waals surface area (Å²) in [4.78, 5) is 32.5. The summed E-state index contributed by atoms with van der Waals surface area (Å²) >= 11 is 1.25. The van der Waals surface area contributed by atoms with E-state index in [9.17, 15) is 18.0 Å². The van der Waals surface area contributed by atoms with Gasteiger partial charge in [-0.1, -0.05) is 17.3 Å². The second-order valence-corrected chi connectivity index (χ2v) is 7.28. The summed E-state index contributed by atoms with van der Waals surface area (Å²) in [6.45, 7) is -0.325. The molecule has 27 heavy (non-hydrogen) atoms. The highest BCUT2D eigenvalue weighted by Crippen LogP contribution is 2.15. The number of amides is 2. The van der Waals surface area contributed by atoms with Crippen LogP contribution in [0.4, 0.5) is 0 Å². The zero-order chi connectivity index (χ0) is 19.9. The van der Waals surface area contributed by atoms with Crippen molar-refractivity contribution in [3.05, 3.63) is 53.0 Å². The summed E-state index contributed by atoms with van der Waals surface area (Å²) in [5.41, 5.74) is -0.0226. The maximum absolute atomic E-state index is 12.0. The quantitative estimate of drug-likeness (QED) is 0.312. The summed E-state index contributed by atoms with van der Waals surface area (Å²) < 4.78 is 30.6. The van der Waals surface area contributed by atoms with Gasteiger partial charge in [-0.3, -0.25) is 19.1 Å². The number of carbonyl (C=O) groups excluding carboxylic acids is 2. The monoisotopic (exact) mass is 412 g/mol. The predicted molar refractivity (Wildman–Crippen MR) is 97.3 cm³/mol. The molecule has 1 aliphatic heterocycles. The van der Waals surface area contributed by atoms with Crippen LogP contribution in [0.25, 0.3) is 0 Å². The molecule has 1 aliphatic rings. The summed E-state index contributed by atoms with van der Waals surface area (Å²) in [5.74, 6) is -1.58. The molecule has 2 aromatic rings. The standard InChI is InChI=1S/C10H11N3O6S2.C5H5N/c1-19-12-8(7-3-2-4-20-7)9(14)11-6-5-13(10(6)15)21(16,17)18;1-2-4-6-5-3-1/h2-4,6H,5H2,1H3,(H,11,14)(H,16,17,18);1-5H. The summed E-state index contributed by atoms with van der Waals surface area (Å²) in [5, 5.41) is 7.66. The molecule has 2 aromatic heterocycles. The van der Waals surface area contributed by atoms with Crippen molar-refractivity contribution >= 4 is 39.2 Å². The molecule has 0 radical (unpaired) electrons. The fourth-order valence-electron chi connectivity index (χ4n) is 1.95. The Bertz CT molecular complexity index is 873. The van der Waals surface area contributed by atoms with E-state index in [0.717, 1.165) is 0 Å². The molecule has 12 heteroatoms. The van der Waals surface area contributed by atoms with Crippen LogP contribution in [-0.2, 0) is 24.7 Å². The lowest BCUT2D eigenvalue weighted by atomic mass is 10.1. The van der Waals surface area contributed by atoms with Gasteiger partial charge in [-0.05, 0) is 23.6 Å². The van der Waals surface area contributed by atoms with E-state index < -0.39 is 28.2 Å². The molecule has 3 rings (SSSR count). The van der Waals surface area contributed by atoms with Crippen LogP contribution in [0.1, 0.15) is 4.88 Å². The van der Waals surface area contributed by atoms with Crippen molar-refractivity contribution in [3.8, 4) is 0 Å². The molecule has 1 fully saturated rings. The highest BCUT2D eigenvalue weighted by atomic mass is 32.2. The maximum atomic E-state index is 12.0. The van der Waals surface area contributed by atoms with Gasteiger partial charge >= 0.3 is 10.3 Å². The van der Waals surface area contributed by atoms with Crippen molar-refractivity contribution in [3.63, 3.8) is 0 Å². The van der Waals surface area contributed by atoms with E-state index in [1.807, 2.05) is 18.2 Å². The highest BCUT2D eigenvalue weighted by molar-refractivity contribution is 7.84. The predicted octanol–water partition coefficient (Wildman–Crippen LogP) is 0.310. The van der Waals surface area contributed by atoms with Gasteiger partial charge in [0, 0.05) is 12.4 Å². The molecule has 0 bridgehead atoms. The van der Waals surface area contributed by atoms with Crippen LogP contribution in [0.5, 0.6) is 0 Å². The molecule has 2 amide bonds. The number of pyridine rings is 1. The first-order valence-corrected chi connectivity index (χ1v) is 9.72. The Morgan fingerprint density at radius 2 is 2.07 bits per heavy atom. The Morgan fingerprint density at radius 1 is 1.37 bits per heavy atom. The molecule has 0 saturated carbocycles. The number of thiophene rings is 1. The van der Waals surface area contributed by atoms with Gasteiger partial charge in [0.2, 0.25) is 0 Å². The van der Waals surface area contributed by atoms with Crippen molar-refractivity contribution in [2.75, 3.05) is 13.7 Å². The average molecular weight is 412 g/mol. The normalized spacial score (nSPS) is 16.7. The highest BCUT2D eigenvalue weighted by Gasteiger charge is 2.44. The Morgan fingerprint density at radius 3 is 2.48 bits per heavy atom. The molecule has 1 saturated heterocycles. The van der Waals surface area contributed by atoms with Crippen LogP contribution >= 0.6 is 11.3 Å². The number of oxime groups is 1. The summed E-state index contributed by atoms with van der Waals surface area (Å²) in [6.07, 6.45) is 3.50. The van der Waals surface area contributed by atoms with Gasteiger partial charge in [-0.25, -0.2) is 4.31 Å². The van der Waals surface area contributed by atoms with Gasteiger partial charge in [0.05, 0.1) is 11.4 Å². The van der Waals surface area contributed by atoms with Crippen molar-refractivity contribution in [1.82, 2.24) is 14.6 Å². The van der Waals surface area contributed by atoms with Gasteiger partial charge in [0.1, 0.15) is 13.2 Å². The lowest BCUT2D eigenvalue weighted by Crippen LogP contribution is -2.65. The largest absolute Gasteiger partial charge is 0.398 e. The van der Waals surface area contributed by atoms with Crippen LogP contribution in [-0.4, -0.2) is 59.5 Å². The smallest absolute Gasteiger partial charge is 0.362 e. The number of β-lactam (4-membered cyclic amide) rings is 1. The third-order valence-corrected chi connectivity index (χ3v) is 4.96. The Balaban J connectivity index is 0.000000369. The third kappa shape index (κ3) is 5.57. The zero-order valence-corrected chi connectivity index (χ0v) is 15.7. The van der Waals surface area contributed by atoms with E-state index in [2.05, 4.69) is 20.3 Å². The van der Waals surface area contributed by atoms with E-state index in [4.69, 9.17) is 4.55 Å². The van der Waals surface area contributed by atoms with Crippen LogP contribution < -0.4 is 5.32 Å². The molecular formula is C15H16N4O6S2. The number of hydrogen-bond donors (Lipinski definition) is 2. The minimum atomic E-state index is -4.58. The van der Waals surface area contributed by atoms with Gasteiger partial charge in [-0.2, -0.15) is 8.42 Å². The van der Waals surface area contributed by atoms with Crippen molar-refractivity contribution in [2.24, 2.45) is 5.16 Å². The number of hydrogen-bond acceptors (Lipinski definition) is 8. The second-order valence-electron chi connectivity index (χ2n) is 5.00. The second kappa shape index (κ2) is 9.21. The fraction of sp³-hybridized carbons (Fsp3) is 0.200. The van der Waals surface area contributed by atoms with E-state index in [-0.39, 0.29) is 16.6 Å². The zero-order valence-electron chi connectivity index (χ0n) is 14.0. The van der Waals surface area contributed by atoms with Gasteiger partial charge < -0.3 is 10.2 Å². The number of nitrogens with zero attached hydrogens (tertiary/aromatic N) is 3. The van der Waals surface area contributed by atoms with E-state index in [1.165, 1.54) is 18.4 Å². The van der Waals surface area contributed by atoms with Gasteiger partial charge in [0.15, 0.2) is 5.71 Å². The van der Waals surface area contributed by atoms with Crippen molar-refractivity contribution < 1.29 is 27.4 Å².